The van der Waals surface area contributed by atoms with E-state index in [2.05, 4.69) is 9.98 Å². The lowest BCUT2D eigenvalue weighted by Gasteiger charge is -2.02. The van der Waals surface area contributed by atoms with Crippen molar-refractivity contribution < 1.29 is 9.53 Å². The lowest BCUT2D eigenvalue weighted by Crippen LogP contribution is -2.13. The summed E-state index contributed by atoms with van der Waals surface area (Å²) in [5, 5.41) is 0. The zero-order chi connectivity index (χ0) is 17.4. The number of hydrogen-bond acceptors (Lipinski definition) is 5. The van der Waals surface area contributed by atoms with E-state index in [1.165, 1.54) is 22.7 Å². The van der Waals surface area contributed by atoms with Crippen LogP contribution in [0.3, 0.4) is 0 Å². The van der Waals surface area contributed by atoms with Crippen LogP contribution in [-0.2, 0) is 7.05 Å². The molecule has 0 atom stereocenters. The summed E-state index contributed by atoms with van der Waals surface area (Å²) in [5.41, 5.74) is 4.28. The first-order valence-corrected chi connectivity index (χ1v) is 9.50. The molecule has 5 nitrogen and oxygen atoms in total. The largest absolute Gasteiger partial charge is 0.494 e. The summed E-state index contributed by atoms with van der Waals surface area (Å²) >= 11 is 2.99. The van der Waals surface area contributed by atoms with E-state index >= 15 is 0 Å². The Kier molecular flexibility index (Phi) is 4.10. The molecule has 0 saturated heterocycles. The first-order chi connectivity index (χ1) is 12.2. The molecule has 126 valence electrons. The van der Waals surface area contributed by atoms with E-state index in [9.17, 15) is 4.79 Å². The second-order valence-corrected chi connectivity index (χ2v) is 7.35. The number of ether oxygens (including phenoxy) is 1. The molecule has 0 aliphatic rings. The van der Waals surface area contributed by atoms with Crippen LogP contribution in [0.5, 0.6) is 5.75 Å². The van der Waals surface area contributed by atoms with E-state index < -0.39 is 0 Å². The first-order valence-electron chi connectivity index (χ1n) is 7.80. The van der Waals surface area contributed by atoms with Crippen LogP contribution in [0.2, 0.25) is 0 Å². The van der Waals surface area contributed by atoms with Crippen molar-refractivity contribution in [2.24, 2.45) is 12.0 Å². The number of rotatable bonds is 3. The maximum Gasteiger partial charge on any atom is 0.279 e. The van der Waals surface area contributed by atoms with Gasteiger partial charge in [0.1, 0.15) is 5.75 Å². The van der Waals surface area contributed by atoms with Crippen molar-refractivity contribution in [3.63, 3.8) is 0 Å². The second kappa shape index (κ2) is 6.42. The Morgan fingerprint density at radius 1 is 1.24 bits per heavy atom. The Hall–Kier alpha value is -2.51. The minimum Gasteiger partial charge on any atom is -0.494 e. The fourth-order valence-electron chi connectivity index (χ4n) is 2.62. The fourth-order valence-corrected chi connectivity index (χ4v) is 4.38. The van der Waals surface area contributed by atoms with Crippen molar-refractivity contribution in [2.45, 2.75) is 6.92 Å². The Labute approximate surface area is 151 Å². The highest BCUT2D eigenvalue weighted by atomic mass is 32.1. The van der Waals surface area contributed by atoms with Crippen LogP contribution in [0.25, 0.3) is 20.4 Å². The quantitative estimate of drug-likeness (QED) is 0.549. The molecule has 2 aromatic carbocycles. The average Bonchev–Trinajstić information content (AvgIpc) is 3.19. The van der Waals surface area contributed by atoms with Crippen molar-refractivity contribution in [3.05, 3.63) is 52.3 Å². The molecule has 2 aromatic heterocycles. The summed E-state index contributed by atoms with van der Waals surface area (Å²) < 4.78 is 9.50. The minimum absolute atomic E-state index is 0.248. The van der Waals surface area contributed by atoms with Gasteiger partial charge in [0, 0.05) is 12.6 Å². The third kappa shape index (κ3) is 2.96. The molecular formula is C18H15N3O2S2. The molecule has 0 bridgehead atoms. The van der Waals surface area contributed by atoms with E-state index in [4.69, 9.17) is 4.74 Å². The van der Waals surface area contributed by atoms with Gasteiger partial charge in [0.15, 0.2) is 4.80 Å². The predicted octanol–water partition coefficient (Wildman–Crippen LogP) is 3.99. The molecule has 0 spiro atoms. The third-order valence-corrected chi connectivity index (χ3v) is 5.75. The number of aromatic nitrogens is 2. The van der Waals surface area contributed by atoms with Crippen molar-refractivity contribution >= 4 is 49.0 Å². The van der Waals surface area contributed by atoms with E-state index in [0.717, 1.165) is 26.2 Å². The highest BCUT2D eigenvalue weighted by Crippen LogP contribution is 2.23. The molecule has 0 fully saturated rings. The molecule has 0 N–H and O–H groups in total. The number of benzene rings is 2. The molecule has 1 amide bonds. The van der Waals surface area contributed by atoms with Gasteiger partial charge in [0.05, 0.1) is 32.6 Å². The van der Waals surface area contributed by atoms with Crippen molar-refractivity contribution in [1.82, 2.24) is 9.55 Å². The molecule has 0 radical (unpaired) electrons. The monoisotopic (exact) mass is 369 g/mol. The number of amides is 1. The first kappa shape index (κ1) is 16.0. The van der Waals surface area contributed by atoms with Crippen LogP contribution in [0.4, 0.5) is 0 Å². The number of fused-ring (bicyclic) bond motifs is 2. The van der Waals surface area contributed by atoms with Crippen molar-refractivity contribution in [3.8, 4) is 5.75 Å². The number of carbonyl (C=O) groups is 1. The van der Waals surface area contributed by atoms with Crippen LogP contribution < -0.4 is 9.54 Å². The predicted molar refractivity (Wildman–Crippen MR) is 101 cm³/mol. The van der Waals surface area contributed by atoms with Gasteiger partial charge in [-0.05, 0) is 43.3 Å². The smallest absolute Gasteiger partial charge is 0.279 e. The van der Waals surface area contributed by atoms with E-state index in [0.29, 0.717) is 17.0 Å². The molecular weight excluding hydrogens is 354 g/mol. The number of aryl methyl sites for hydroxylation is 1. The Bertz CT molecular complexity index is 1150. The summed E-state index contributed by atoms with van der Waals surface area (Å²) in [5.74, 6) is 0.577. The van der Waals surface area contributed by atoms with Crippen LogP contribution >= 0.6 is 22.7 Å². The molecule has 7 heteroatoms. The van der Waals surface area contributed by atoms with Crippen LogP contribution in [0.1, 0.15) is 17.3 Å². The van der Waals surface area contributed by atoms with Gasteiger partial charge in [-0.3, -0.25) is 4.79 Å². The van der Waals surface area contributed by atoms with Gasteiger partial charge >= 0.3 is 0 Å². The van der Waals surface area contributed by atoms with Gasteiger partial charge in [0.25, 0.3) is 5.91 Å². The Morgan fingerprint density at radius 2 is 2.12 bits per heavy atom. The highest BCUT2D eigenvalue weighted by Gasteiger charge is 2.09. The standard InChI is InChI=1S/C18H15N3O2S2/c1-3-23-12-5-7-14-16(9-12)25-18(21(14)2)20-17(22)11-4-6-13-15(8-11)24-10-19-13/h4-10H,3H2,1-2H3. The van der Waals surface area contributed by atoms with Gasteiger partial charge in [-0.25, -0.2) is 4.98 Å². The zero-order valence-electron chi connectivity index (χ0n) is 13.7. The molecule has 2 heterocycles. The van der Waals surface area contributed by atoms with Gasteiger partial charge < -0.3 is 9.30 Å². The maximum atomic E-state index is 12.6. The number of carbonyl (C=O) groups excluding carboxylic acids is 1. The third-order valence-electron chi connectivity index (χ3n) is 3.87. The SMILES string of the molecule is CCOc1ccc2c(c1)sc(=NC(=O)c1ccc3ncsc3c1)n2C. The van der Waals surface area contributed by atoms with Crippen LogP contribution in [0.15, 0.2) is 46.9 Å². The van der Waals surface area contributed by atoms with Gasteiger partial charge in [-0.1, -0.05) is 11.3 Å². The molecule has 0 aliphatic heterocycles. The summed E-state index contributed by atoms with van der Waals surface area (Å²) in [6.45, 7) is 2.58. The number of hydrogen-bond donors (Lipinski definition) is 0. The zero-order valence-corrected chi connectivity index (χ0v) is 15.4. The molecule has 4 aromatic rings. The summed E-state index contributed by atoms with van der Waals surface area (Å²) in [4.78, 5) is 21.8. The summed E-state index contributed by atoms with van der Waals surface area (Å²) in [7, 11) is 1.91. The summed E-state index contributed by atoms with van der Waals surface area (Å²) in [6, 6.07) is 11.4. The second-order valence-electron chi connectivity index (χ2n) is 5.46. The van der Waals surface area contributed by atoms with E-state index in [-0.39, 0.29) is 5.91 Å². The lowest BCUT2D eigenvalue weighted by atomic mass is 10.2. The highest BCUT2D eigenvalue weighted by molar-refractivity contribution is 7.17. The van der Waals surface area contributed by atoms with Crippen molar-refractivity contribution in [1.29, 1.82) is 0 Å². The summed E-state index contributed by atoms with van der Waals surface area (Å²) in [6.07, 6.45) is 0. The van der Waals surface area contributed by atoms with Gasteiger partial charge in [0.2, 0.25) is 0 Å². The minimum atomic E-state index is -0.248. The van der Waals surface area contributed by atoms with E-state index in [1.807, 2.05) is 48.9 Å². The number of nitrogens with zero attached hydrogens (tertiary/aromatic N) is 3. The van der Waals surface area contributed by atoms with Crippen LogP contribution in [-0.4, -0.2) is 22.1 Å². The lowest BCUT2D eigenvalue weighted by molar-refractivity contribution is 0.0998. The van der Waals surface area contributed by atoms with Gasteiger partial charge in [-0.15, -0.1) is 11.3 Å². The Morgan fingerprint density at radius 3 is 2.96 bits per heavy atom. The van der Waals surface area contributed by atoms with Crippen molar-refractivity contribution in [2.75, 3.05) is 6.61 Å². The van der Waals surface area contributed by atoms with E-state index in [1.54, 1.807) is 11.6 Å². The molecule has 0 saturated carbocycles. The molecule has 4 rings (SSSR count). The average molecular weight is 369 g/mol. The molecule has 0 unspecified atom stereocenters. The normalized spacial score (nSPS) is 12.2. The topological polar surface area (TPSA) is 56.5 Å². The molecule has 25 heavy (non-hydrogen) atoms. The number of thiazole rings is 2. The Balaban J connectivity index is 1.76. The maximum absolute atomic E-state index is 12.6. The molecule has 0 aliphatic carbocycles. The van der Waals surface area contributed by atoms with Gasteiger partial charge in [-0.2, -0.15) is 4.99 Å². The fraction of sp³-hybridized carbons (Fsp3) is 0.167. The van der Waals surface area contributed by atoms with Crippen LogP contribution in [0, 0.1) is 0 Å².